The van der Waals surface area contributed by atoms with Gasteiger partial charge in [-0.25, -0.2) is 4.99 Å². The van der Waals surface area contributed by atoms with E-state index >= 15 is 0 Å². The molecule has 0 aromatic carbocycles. The molecule has 0 aromatic rings. The average molecular weight is 355 g/mol. The minimum Gasteiger partial charge on any atom is -0.388 e. The molecule has 134 valence electrons. The summed E-state index contributed by atoms with van der Waals surface area (Å²) in [6, 6.07) is 0. The second-order valence-corrected chi connectivity index (χ2v) is 11.1. The van der Waals surface area contributed by atoms with Crippen LogP contribution in [-0.2, 0) is 9.53 Å². The number of aliphatic imine (C=N–C) groups is 1. The number of hydrogen-bond acceptors (Lipinski definition) is 6. The molecule has 0 aromatic heterocycles. The van der Waals surface area contributed by atoms with Gasteiger partial charge in [0, 0.05) is 13.1 Å². The van der Waals surface area contributed by atoms with Crippen LogP contribution < -0.4 is 5.32 Å². The maximum Gasteiger partial charge on any atom is 0.222 e. The highest BCUT2D eigenvalue weighted by molar-refractivity contribution is 7.72. The number of rotatable bonds is 4. The molecule has 2 rings (SSSR count). The number of aliphatic hydroxyl groups excluding tert-OH is 2. The van der Waals surface area contributed by atoms with Crippen molar-refractivity contribution in [1.82, 2.24) is 10.2 Å². The van der Waals surface area contributed by atoms with Crippen LogP contribution in [0.5, 0.6) is 0 Å². The number of nitrogens with zero attached hydrogens (tertiary/aromatic N) is 2. The Bertz CT molecular complexity index is 625. The van der Waals surface area contributed by atoms with E-state index < -0.39 is 31.4 Å². The molecule has 2 heterocycles. The summed E-state index contributed by atoms with van der Waals surface area (Å²) in [6.45, 7) is 8.23. The molecule has 3 N–H and O–H groups in total. The van der Waals surface area contributed by atoms with Crippen LogP contribution in [0, 0.1) is 0 Å². The van der Waals surface area contributed by atoms with Crippen molar-refractivity contribution in [3.05, 3.63) is 24.7 Å². The summed E-state index contributed by atoms with van der Waals surface area (Å²) in [7, 11) is 0. The van der Waals surface area contributed by atoms with E-state index in [9.17, 15) is 15.0 Å². The van der Waals surface area contributed by atoms with Crippen LogP contribution in [0.2, 0.25) is 0 Å². The number of hydrogen-bond donors (Lipinski definition) is 3. The van der Waals surface area contributed by atoms with Gasteiger partial charge in [-0.1, -0.05) is 6.58 Å². The summed E-state index contributed by atoms with van der Waals surface area (Å²) < 4.78 is 5.85. The van der Waals surface area contributed by atoms with Crippen molar-refractivity contribution in [2.24, 2.45) is 4.99 Å². The third-order valence-corrected chi connectivity index (χ3v) is 5.34. The predicted molar refractivity (Wildman–Crippen MR) is 97.4 cm³/mol. The third-order valence-electron chi connectivity index (χ3n) is 3.87. The van der Waals surface area contributed by atoms with E-state index in [0.29, 0.717) is 18.1 Å². The number of carbonyl (C=O) groups excluding carboxylic acids is 1. The zero-order valence-electron chi connectivity index (χ0n) is 14.3. The minimum absolute atomic E-state index is 0.230. The Labute approximate surface area is 142 Å². The maximum absolute atomic E-state index is 11.1. The lowest BCUT2D eigenvalue weighted by Gasteiger charge is -2.30. The van der Waals surface area contributed by atoms with Gasteiger partial charge in [-0.2, -0.15) is 0 Å². The van der Waals surface area contributed by atoms with Gasteiger partial charge in [0.25, 0.3) is 0 Å². The molecule has 1 fully saturated rings. The molecular weight excluding hydrogens is 329 g/mol. The standard InChI is InChI=1S/C16H26N3O4P/c1-10-17-13(18-11(2)20)6-8-19(10)16-15(22)14(21)12(23-16)7-9-24(3,4)5/h6,8,12,14-16,21-22H,1,3,7,9H2,2,4-5H3,(H,17,18,20)/t12-,14-,15?,16-/m1/s1. The fourth-order valence-corrected chi connectivity index (χ4v) is 3.58. The molecule has 2 aliphatic heterocycles. The third kappa shape index (κ3) is 4.57. The summed E-state index contributed by atoms with van der Waals surface area (Å²) in [5.74, 6) is 0.464. The van der Waals surface area contributed by atoms with Crippen LogP contribution in [0.15, 0.2) is 29.7 Å². The molecule has 0 spiro atoms. The van der Waals surface area contributed by atoms with E-state index in [0.717, 1.165) is 6.16 Å². The lowest BCUT2D eigenvalue weighted by atomic mass is 10.1. The smallest absolute Gasteiger partial charge is 0.222 e. The molecule has 7 nitrogen and oxygen atoms in total. The van der Waals surface area contributed by atoms with E-state index in [1.165, 1.54) is 6.92 Å². The van der Waals surface area contributed by atoms with Crippen molar-refractivity contribution in [2.45, 2.75) is 37.9 Å². The van der Waals surface area contributed by atoms with E-state index in [4.69, 9.17) is 4.74 Å². The van der Waals surface area contributed by atoms with Gasteiger partial charge in [0.1, 0.15) is 23.9 Å². The monoisotopic (exact) mass is 355 g/mol. The Balaban J connectivity index is 2.04. The van der Waals surface area contributed by atoms with Crippen LogP contribution in [0.1, 0.15) is 13.3 Å². The molecule has 0 radical (unpaired) electrons. The van der Waals surface area contributed by atoms with Gasteiger partial charge < -0.3 is 25.2 Å². The maximum atomic E-state index is 11.1. The molecule has 1 saturated heterocycles. The number of aliphatic hydroxyl groups is 2. The Morgan fingerprint density at radius 3 is 2.67 bits per heavy atom. The zero-order valence-corrected chi connectivity index (χ0v) is 15.2. The first-order valence-corrected chi connectivity index (χ1v) is 10.8. The Kier molecular flexibility index (Phi) is 5.71. The normalized spacial score (nSPS) is 30.5. The zero-order chi connectivity index (χ0) is 18.1. The average Bonchev–Trinajstić information content (AvgIpc) is 2.72. The van der Waals surface area contributed by atoms with Crippen LogP contribution >= 0.6 is 6.89 Å². The first kappa shape index (κ1) is 18.9. The van der Waals surface area contributed by atoms with Gasteiger partial charge in [-0.05, 0) is 32.0 Å². The molecule has 1 amide bonds. The summed E-state index contributed by atoms with van der Waals surface area (Å²) in [5.41, 5.74) is 0. The van der Waals surface area contributed by atoms with Gasteiger partial charge in [0.2, 0.25) is 5.91 Å². The van der Waals surface area contributed by atoms with E-state index in [1.807, 2.05) is 0 Å². The van der Waals surface area contributed by atoms with Gasteiger partial charge in [0.05, 0.1) is 6.10 Å². The van der Waals surface area contributed by atoms with Crippen molar-refractivity contribution < 1.29 is 19.7 Å². The minimum atomic E-state index is -1.23. The molecule has 4 atom stereocenters. The van der Waals surface area contributed by atoms with Crippen LogP contribution in [0.4, 0.5) is 0 Å². The van der Waals surface area contributed by atoms with Gasteiger partial charge >= 0.3 is 0 Å². The Morgan fingerprint density at radius 1 is 1.46 bits per heavy atom. The number of carbonyl (C=O) groups is 1. The summed E-state index contributed by atoms with van der Waals surface area (Å²) in [6.07, 6.45) is 5.63. The van der Waals surface area contributed by atoms with Crippen LogP contribution in [-0.4, -0.2) is 77.2 Å². The van der Waals surface area contributed by atoms with Crippen molar-refractivity contribution in [3.63, 3.8) is 0 Å². The summed E-state index contributed by atoms with van der Waals surface area (Å²) >= 11 is 0. The first-order chi connectivity index (χ1) is 11.1. The predicted octanol–water partition coefficient (Wildman–Crippen LogP) is 0.367. The second kappa shape index (κ2) is 7.23. The SMILES string of the molecule is C=C1N=C(NC(C)=O)C=CN1[C@@H]1O[C@H](CCP(=C)(C)C)[C@@H](O)C1O. The highest BCUT2D eigenvalue weighted by atomic mass is 31.2. The first-order valence-electron chi connectivity index (χ1n) is 7.79. The molecule has 0 saturated carbocycles. The quantitative estimate of drug-likeness (QED) is 0.634. The fourth-order valence-electron chi connectivity index (χ4n) is 2.63. The van der Waals surface area contributed by atoms with E-state index in [-0.39, 0.29) is 5.91 Å². The lowest BCUT2D eigenvalue weighted by molar-refractivity contribution is -0.117. The molecule has 0 bridgehead atoms. The topological polar surface area (TPSA) is 94.4 Å². The molecule has 8 heteroatoms. The fraction of sp³-hybridized carbons (Fsp3) is 0.562. The second-order valence-electron chi connectivity index (χ2n) is 6.81. The van der Waals surface area contributed by atoms with E-state index in [1.54, 1.807) is 17.2 Å². The molecule has 2 aliphatic rings. The van der Waals surface area contributed by atoms with Crippen molar-refractivity contribution in [2.75, 3.05) is 19.5 Å². The van der Waals surface area contributed by atoms with Crippen molar-refractivity contribution in [3.8, 4) is 0 Å². The number of ether oxygens (including phenoxy) is 1. The van der Waals surface area contributed by atoms with Crippen LogP contribution in [0.3, 0.4) is 0 Å². The van der Waals surface area contributed by atoms with E-state index in [2.05, 4.69) is 36.5 Å². The van der Waals surface area contributed by atoms with Gasteiger partial charge in [-0.15, -0.1) is 13.2 Å². The highest BCUT2D eigenvalue weighted by Gasteiger charge is 2.45. The largest absolute Gasteiger partial charge is 0.388 e. The number of amides is 1. The Hall–Kier alpha value is -1.40. The lowest BCUT2D eigenvalue weighted by Crippen LogP contribution is -2.42. The number of amidine groups is 1. The van der Waals surface area contributed by atoms with Gasteiger partial charge in [-0.3, -0.25) is 4.79 Å². The van der Waals surface area contributed by atoms with Crippen LogP contribution in [0.25, 0.3) is 0 Å². The molecule has 1 unspecified atom stereocenters. The number of nitrogens with one attached hydrogen (secondary N) is 1. The molecule has 24 heavy (non-hydrogen) atoms. The molecule has 0 aliphatic carbocycles. The highest BCUT2D eigenvalue weighted by Crippen LogP contribution is 2.38. The van der Waals surface area contributed by atoms with Crippen molar-refractivity contribution in [1.29, 1.82) is 0 Å². The summed E-state index contributed by atoms with van der Waals surface area (Å²) in [5, 5.41) is 23.1. The molecular formula is C16H26N3O4P. The summed E-state index contributed by atoms with van der Waals surface area (Å²) in [4.78, 5) is 16.8. The Morgan fingerprint density at radius 2 is 2.12 bits per heavy atom. The van der Waals surface area contributed by atoms with Gasteiger partial charge in [0.15, 0.2) is 6.23 Å². The van der Waals surface area contributed by atoms with Crippen molar-refractivity contribution >= 4 is 24.9 Å².